The molecule has 1 aliphatic heterocycles. The van der Waals surface area contributed by atoms with Crippen LogP contribution in [0.1, 0.15) is 24.0 Å². The minimum atomic E-state index is -0.223. The van der Waals surface area contributed by atoms with Gasteiger partial charge in [0.05, 0.1) is 29.3 Å². The maximum atomic E-state index is 13.3. The van der Waals surface area contributed by atoms with Crippen molar-refractivity contribution in [3.8, 4) is 28.2 Å². The van der Waals surface area contributed by atoms with Crippen LogP contribution in [0.2, 0.25) is 5.02 Å². The second-order valence-electron chi connectivity index (χ2n) is 8.16. The minimum absolute atomic E-state index is 0.135. The van der Waals surface area contributed by atoms with Gasteiger partial charge in [0, 0.05) is 35.5 Å². The fraction of sp³-hybridized carbons (Fsp3) is 0.182. The number of nitrogens with one attached hydrogen (secondary N) is 2. The number of aryl methyl sites for hydroxylation is 2. The van der Waals surface area contributed by atoms with Crippen LogP contribution in [0.3, 0.4) is 0 Å². The second-order valence-corrected chi connectivity index (χ2v) is 8.60. The van der Waals surface area contributed by atoms with Gasteiger partial charge >= 0.3 is 0 Å². The first-order valence-corrected chi connectivity index (χ1v) is 11.0. The van der Waals surface area contributed by atoms with E-state index in [-0.39, 0.29) is 17.2 Å². The number of fused-ring (bicyclic) bond motifs is 1. The Morgan fingerprint density at radius 2 is 2.03 bits per heavy atom. The van der Waals surface area contributed by atoms with E-state index >= 15 is 0 Å². The van der Waals surface area contributed by atoms with Crippen LogP contribution in [0.4, 0.5) is 0 Å². The standard InChI is InChI=1S/C22H18ClN9O2/c1-30-19(9-20(33)27-30)16-10-24-22(26-16)18-5-3-14-6-12(7-21(34)32(14)18)15-8-13(23)2-4-17(15)31-11-25-28-29-31/h2,4,6-11,18H,3,5H2,1H3,(H,24,26)(H,27,33)/t18-/m0/s1. The Bertz CT molecular complexity index is 1640. The summed E-state index contributed by atoms with van der Waals surface area (Å²) in [5.74, 6) is 0.675. The molecule has 0 spiro atoms. The van der Waals surface area contributed by atoms with Crippen molar-refractivity contribution in [2.75, 3.05) is 0 Å². The molecule has 34 heavy (non-hydrogen) atoms. The smallest absolute Gasteiger partial charge is 0.264 e. The summed E-state index contributed by atoms with van der Waals surface area (Å²) in [4.78, 5) is 32.7. The summed E-state index contributed by atoms with van der Waals surface area (Å²) >= 11 is 6.27. The maximum absolute atomic E-state index is 13.3. The maximum Gasteiger partial charge on any atom is 0.264 e. The van der Waals surface area contributed by atoms with Crippen LogP contribution in [-0.2, 0) is 13.5 Å². The van der Waals surface area contributed by atoms with Crippen molar-refractivity contribution in [2.24, 2.45) is 7.05 Å². The number of tetrazole rings is 1. The molecule has 0 unspecified atom stereocenters. The predicted molar refractivity (Wildman–Crippen MR) is 124 cm³/mol. The Hall–Kier alpha value is -4.25. The molecule has 1 atom stereocenters. The second kappa shape index (κ2) is 7.66. The molecule has 11 nitrogen and oxygen atoms in total. The average molecular weight is 476 g/mol. The van der Waals surface area contributed by atoms with E-state index in [1.165, 1.54) is 17.1 Å². The van der Waals surface area contributed by atoms with Gasteiger partial charge in [-0.1, -0.05) is 11.6 Å². The van der Waals surface area contributed by atoms with Crippen LogP contribution < -0.4 is 11.1 Å². The zero-order chi connectivity index (χ0) is 23.4. The van der Waals surface area contributed by atoms with Crippen LogP contribution in [-0.4, -0.2) is 44.5 Å². The van der Waals surface area contributed by atoms with Gasteiger partial charge in [0.1, 0.15) is 12.2 Å². The zero-order valence-electron chi connectivity index (χ0n) is 17.9. The van der Waals surface area contributed by atoms with Crippen LogP contribution in [0, 0.1) is 0 Å². The molecule has 0 radical (unpaired) electrons. The third-order valence-electron chi connectivity index (χ3n) is 6.09. The molecule has 5 aromatic rings. The number of hydrogen-bond acceptors (Lipinski definition) is 6. The summed E-state index contributed by atoms with van der Waals surface area (Å²) < 4.78 is 4.94. The lowest BCUT2D eigenvalue weighted by Gasteiger charge is -2.15. The van der Waals surface area contributed by atoms with E-state index in [9.17, 15) is 9.59 Å². The minimum Gasteiger partial charge on any atom is -0.339 e. The number of imidazole rings is 1. The molecule has 5 heterocycles. The SMILES string of the molecule is Cn1[nH]c(=O)cc1-c1cnc([C@@H]2CCc3cc(-c4cc(Cl)ccc4-n4cnnn4)cc(=O)n32)[nH]1. The zero-order valence-corrected chi connectivity index (χ0v) is 18.7. The number of aromatic amines is 2. The third kappa shape index (κ3) is 3.28. The van der Waals surface area contributed by atoms with E-state index < -0.39 is 0 Å². The number of nitrogens with zero attached hydrogens (tertiary/aromatic N) is 7. The van der Waals surface area contributed by atoms with E-state index in [4.69, 9.17) is 11.6 Å². The van der Waals surface area contributed by atoms with E-state index in [1.807, 2.05) is 12.1 Å². The van der Waals surface area contributed by atoms with Crippen LogP contribution in [0.15, 0.2) is 58.5 Å². The highest BCUT2D eigenvalue weighted by atomic mass is 35.5. The van der Waals surface area contributed by atoms with Gasteiger partial charge in [-0.2, -0.15) is 4.68 Å². The molecular formula is C22H18ClN9O2. The number of hydrogen-bond donors (Lipinski definition) is 2. The molecule has 0 amide bonds. The molecule has 1 aromatic carbocycles. The van der Waals surface area contributed by atoms with Crippen molar-refractivity contribution in [2.45, 2.75) is 18.9 Å². The van der Waals surface area contributed by atoms with Crippen LogP contribution >= 0.6 is 11.6 Å². The number of benzene rings is 1. The third-order valence-corrected chi connectivity index (χ3v) is 6.33. The molecule has 0 saturated carbocycles. The Labute approximate surface area is 196 Å². The summed E-state index contributed by atoms with van der Waals surface area (Å²) in [5, 5.41) is 14.6. The quantitative estimate of drug-likeness (QED) is 0.409. The highest BCUT2D eigenvalue weighted by Gasteiger charge is 2.28. The lowest BCUT2D eigenvalue weighted by atomic mass is 10.0. The van der Waals surface area contributed by atoms with Crippen LogP contribution in [0.5, 0.6) is 0 Å². The number of H-pyrrole nitrogens is 2. The molecule has 1 aliphatic rings. The van der Waals surface area contributed by atoms with Crippen LogP contribution in [0.25, 0.3) is 28.2 Å². The molecule has 12 heteroatoms. The Balaban J connectivity index is 1.41. The van der Waals surface area contributed by atoms with Gasteiger partial charge < -0.3 is 9.55 Å². The molecule has 2 N–H and O–H groups in total. The monoisotopic (exact) mass is 475 g/mol. The number of rotatable bonds is 4. The highest BCUT2D eigenvalue weighted by Crippen LogP contribution is 2.34. The van der Waals surface area contributed by atoms with Crippen molar-refractivity contribution in [3.63, 3.8) is 0 Å². The largest absolute Gasteiger partial charge is 0.339 e. The van der Waals surface area contributed by atoms with Gasteiger partial charge in [-0.05, 0) is 53.1 Å². The summed E-state index contributed by atoms with van der Waals surface area (Å²) in [6.45, 7) is 0. The summed E-state index contributed by atoms with van der Waals surface area (Å²) in [6.07, 6.45) is 4.62. The summed E-state index contributed by atoms with van der Waals surface area (Å²) in [7, 11) is 1.76. The fourth-order valence-electron chi connectivity index (χ4n) is 4.59. The molecule has 170 valence electrons. The lowest BCUT2D eigenvalue weighted by Crippen LogP contribution is -2.23. The van der Waals surface area contributed by atoms with Gasteiger partial charge in [-0.25, -0.2) is 4.98 Å². The molecule has 4 aromatic heterocycles. The summed E-state index contributed by atoms with van der Waals surface area (Å²) in [5.41, 5.74) is 4.21. The average Bonchev–Trinajstić information content (AvgIpc) is 3.60. The van der Waals surface area contributed by atoms with Gasteiger partial charge in [-0.15, -0.1) is 5.10 Å². The normalized spacial score (nSPS) is 15.1. The number of pyridine rings is 1. The molecule has 0 bridgehead atoms. The van der Waals surface area contributed by atoms with Crippen molar-refractivity contribution in [1.29, 1.82) is 0 Å². The number of aromatic nitrogens is 9. The van der Waals surface area contributed by atoms with Crippen molar-refractivity contribution < 1.29 is 0 Å². The molecular weight excluding hydrogens is 458 g/mol. The Morgan fingerprint density at radius 1 is 1.15 bits per heavy atom. The first kappa shape index (κ1) is 20.4. The first-order chi connectivity index (χ1) is 16.5. The van der Waals surface area contributed by atoms with Crippen molar-refractivity contribution >= 4 is 11.6 Å². The molecule has 0 aliphatic carbocycles. The van der Waals surface area contributed by atoms with E-state index in [0.29, 0.717) is 28.7 Å². The molecule has 0 fully saturated rings. The van der Waals surface area contributed by atoms with E-state index in [1.54, 1.807) is 40.7 Å². The molecule has 6 rings (SSSR count). The highest BCUT2D eigenvalue weighted by molar-refractivity contribution is 6.31. The molecule has 0 saturated heterocycles. The van der Waals surface area contributed by atoms with Crippen molar-refractivity contribution in [1.82, 2.24) is 44.5 Å². The summed E-state index contributed by atoms with van der Waals surface area (Å²) in [6, 6.07) is 10.3. The van der Waals surface area contributed by atoms with Gasteiger partial charge in [0.25, 0.3) is 11.1 Å². The topological polar surface area (TPSA) is 132 Å². The first-order valence-electron chi connectivity index (χ1n) is 10.6. The lowest BCUT2D eigenvalue weighted by molar-refractivity contribution is 0.572. The predicted octanol–water partition coefficient (Wildman–Crippen LogP) is 2.10. The number of halogens is 1. The van der Waals surface area contributed by atoms with E-state index in [2.05, 4.69) is 30.6 Å². The van der Waals surface area contributed by atoms with Gasteiger partial charge in [0.15, 0.2) is 0 Å². The van der Waals surface area contributed by atoms with Crippen molar-refractivity contribution in [3.05, 3.63) is 86.2 Å². The fourth-order valence-corrected chi connectivity index (χ4v) is 4.77. The van der Waals surface area contributed by atoms with Gasteiger partial charge in [-0.3, -0.25) is 19.4 Å². The van der Waals surface area contributed by atoms with E-state index in [0.717, 1.165) is 28.9 Å². The Kier molecular flexibility index (Phi) is 4.59. The Morgan fingerprint density at radius 3 is 2.79 bits per heavy atom. The van der Waals surface area contributed by atoms with Gasteiger partial charge in [0.2, 0.25) is 0 Å².